The molecule has 1 aromatic heterocycles. The van der Waals surface area contributed by atoms with Gasteiger partial charge in [-0.25, -0.2) is 0 Å². The van der Waals surface area contributed by atoms with Crippen LogP contribution in [0.1, 0.15) is 76.8 Å². The van der Waals surface area contributed by atoms with Gasteiger partial charge in [-0.15, -0.1) is 0 Å². The first-order valence-corrected chi connectivity index (χ1v) is 9.43. The van der Waals surface area contributed by atoms with E-state index in [0.717, 1.165) is 35.7 Å². The van der Waals surface area contributed by atoms with Crippen molar-refractivity contribution in [3.8, 4) is 0 Å². The summed E-state index contributed by atoms with van der Waals surface area (Å²) in [4.78, 5) is 0. The van der Waals surface area contributed by atoms with Crippen LogP contribution >= 0.6 is 0 Å². The number of aliphatic hydroxyl groups excluding tert-OH is 1. The van der Waals surface area contributed by atoms with Crippen molar-refractivity contribution < 1.29 is 5.11 Å². The van der Waals surface area contributed by atoms with Gasteiger partial charge >= 0.3 is 0 Å². The van der Waals surface area contributed by atoms with E-state index in [1.54, 1.807) is 6.08 Å². The third-order valence-electron chi connectivity index (χ3n) is 5.15. The van der Waals surface area contributed by atoms with Crippen molar-refractivity contribution in [2.24, 2.45) is 11.8 Å². The zero-order chi connectivity index (χ0) is 17.5. The van der Waals surface area contributed by atoms with Crippen molar-refractivity contribution in [3.05, 3.63) is 40.9 Å². The molecule has 1 aromatic rings. The Bertz CT molecular complexity index is 604. The van der Waals surface area contributed by atoms with Gasteiger partial charge in [-0.2, -0.15) is 10.2 Å². The molecule has 0 bridgehead atoms. The number of aliphatic hydroxyl groups is 1. The Labute approximate surface area is 146 Å². The SMILES string of the molecule is C/C=C(\C(O)=C/C)c1cc2c(nn1)CCCC(C)CCCC(C)C2. The number of hydrogen-bond acceptors (Lipinski definition) is 3. The van der Waals surface area contributed by atoms with Gasteiger partial charge in [0, 0.05) is 5.57 Å². The summed E-state index contributed by atoms with van der Waals surface area (Å²) in [7, 11) is 0. The number of hydrogen-bond donors (Lipinski definition) is 1. The van der Waals surface area contributed by atoms with Crippen LogP contribution in [0.25, 0.3) is 5.57 Å². The topological polar surface area (TPSA) is 46.0 Å². The fourth-order valence-electron chi connectivity index (χ4n) is 3.61. The van der Waals surface area contributed by atoms with Gasteiger partial charge in [0.2, 0.25) is 0 Å². The maximum absolute atomic E-state index is 10.1. The Kier molecular flexibility index (Phi) is 7.01. The van der Waals surface area contributed by atoms with E-state index in [9.17, 15) is 5.11 Å². The molecule has 1 heterocycles. The summed E-state index contributed by atoms with van der Waals surface area (Å²) >= 11 is 0. The molecule has 2 atom stereocenters. The minimum atomic E-state index is 0.269. The highest BCUT2D eigenvalue weighted by molar-refractivity contribution is 5.74. The minimum Gasteiger partial charge on any atom is -0.508 e. The third-order valence-corrected chi connectivity index (χ3v) is 5.15. The lowest BCUT2D eigenvalue weighted by Gasteiger charge is -2.15. The lowest BCUT2D eigenvalue weighted by atomic mass is 9.93. The highest BCUT2D eigenvalue weighted by Crippen LogP contribution is 2.26. The van der Waals surface area contributed by atoms with E-state index in [4.69, 9.17) is 0 Å². The monoisotopic (exact) mass is 328 g/mol. The lowest BCUT2D eigenvalue weighted by molar-refractivity contribution is 0.421. The third kappa shape index (κ3) is 4.93. The van der Waals surface area contributed by atoms with Crippen molar-refractivity contribution >= 4 is 5.57 Å². The van der Waals surface area contributed by atoms with Crippen LogP contribution in [0.5, 0.6) is 0 Å². The van der Waals surface area contributed by atoms with E-state index in [1.165, 1.54) is 37.7 Å². The maximum Gasteiger partial charge on any atom is 0.120 e. The molecule has 1 aliphatic rings. The van der Waals surface area contributed by atoms with Crippen LogP contribution in [0.4, 0.5) is 0 Å². The van der Waals surface area contributed by atoms with Gasteiger partial charge in [-0.05, 0) is 62.7 Å². The fraction of sp³-hybridized carbons (Fsp3) is 0.619. The van der Waals surface area contributed by atoms with Crippen molar-refractivity contribution in [2.45, 2.75) is 72.6 Å². The highest BCUT2D eigenvalue weighted by Gasteiger charge is 2.16. The van der Waals surface area contributed by atoms with Crippen LogP contribution in [0.3, 0.4) is 0 Å². The summed E-state index contributed by atoms with van der Waals surface area (Å²) in [5.41, 5.74) is 4.01. The van der Waals surface area contributed by atoms with Gasteiger partial charge < -0.3 is 5.11 Å². The molecule has 0 saturated heterocycles. The molecule has 132 valence electrons. The molecule has 3 heteroatoms. The number of allylic oxidation sites excluding steroid dienone is 3. The van der Waals surface area contributed by atoms with E-state index in [0.29, 0.717) is 5.92 Å². The molecule has 0 fully saturated rings. The maximum atomic E-state index is 10.1. The normalized spacial score (nSPS) is 24.2. The largest absolute Gasteiger partial charge is 0.508 e. The second-order valence-electron chi connectivity index (χ2n) is 7.32. The predicted octanol–water partition coefficient (Wildman–Crippen LogP) is 5.66. The second kappa shape index (κ2) is 9.00. The smallest absolute Gasteiger partial charge is 0.120 e. The van der Waals surface area contributed by atoms with Gasteiger partial charge in [0.25, 0.3) is 0 Å². The van der Waals surface area contributed by atoms with Crippen LogP contribution < -0.4 is 0 Å². The standard InChI is InChI=1S/C21H32N2O/c1-5-18(21(24)6-2)20-14-17-13-16(4)11-7-9-15(3)10-8-12-19(17)22-23-20/h5-6,14-16,24H,7-13H2,1-4H3/b18-5-,21-6+. The summed E-state index contributed by atoms with van der Waals surface area (Å²) in [6.45, 7) is 8.47. The van der Waals surface area contributed by atoms with E-state index in [2.05, 4.69) is 30.1 Å². The van der Waals surface area contributed by atoms with Crippen LogP contribution in [-0.2, 0) is 12.8 Å². The summed E-state index contributed by atoms with van der Waals surface area (Å²) in [5.74, 6) is 1.74. The van der Waals surface area contributed by atoms with Gasteiger partial charge in [0.1, 0.15) is 5.76 Å². The second-order valence-corrected chi connectivity index (χ2v) is 7.32. The van der Waals surface area contributed by atoms with Crippen LogP contribution in [0.2, 0.25) is 0 Å². The Balaban J connectivity index is 2.33. The minimum absolute atomic E-state index is 0.269. The molecule has 2 rings (SSSR count). The number of rotatable bonds is 2. The predicted molar refractivity (Wildman–Crippen MR) is 101 cm³/mol. The summed E-state index contributed by atoms with van der Waals surface area (Å²) in [6.07, 6.45) is 12.1. The average molecular weight is 329 g/mol. The van der Waals surface area contributed by atoms with Crippen molar-refractivity contribution in [1.82, 2.24) is 10.2 Å². The number of nitrogens with zero attached hydrogens (tertiary/aromatic N) is 2. The Morgan fingerprint density at radius 2 is 1.75 bits per heavy atom. The zero-order valence-electron chi connectivity index (χ0n) is 15.7. The zero-order valence-corrected chi connectivity index (χ0v) is 15.7. The summed E-state index contributed by atoms with van der Waals surface area (Å²) in [6, 6.07) is 2.15. The van der Waals surface area contributed by atoms with E-state index in [1.807, 2.05) is 19.9 Å². The molecular weight excluding hydrogens is 296 g/mol. The molecular formula is C21H32N2O. The molecule has 0 amide bonds. The van der Waals surface area contributed by atoms with Crippen LogP contribution in [-0.4, -0.2) is 15.3 Å². The molecule has 1 N–H and O–H groups in total. The lowest BCUT2D eigenvalue weighted by Crippen LogP contribution is -2.08. The van der Waals surface area contributed by atoms with Crippen LogP contribution in [0, 0.1) is 11.8 Å². The molecule has 3 nitrogen and oxygen atoms in total. The summed E-state index contributed by atoms with van der Waals surface area (Å²) < 4.78 is 0. The first-order chi connectivity index (χ1) is 11.5. The van der Waals surface area contributed by atoms with E-state index >= 15 is 0 Å². The van der Waals surface area contributed by atoms with E-state index < -0.39 is 0 Å². The number of aryl methyl sites for hydroxylation is 1. The van der Waals surface area contributed by atoms with Gasteiger partial charge in [0.05, 0.1) is 11.4 Å². The molecule has 0 spiro atoms. The molecule has 24 heavy (non-hydrogen) atoms. The Hall–Kier alpha value is -1.64. The molecule has 0 aromatic carbocycles. The van der Waals surface area contributed by atoms with Crippen molar-refractivity contribution in [3.63, 3.8) is 0 Å². The Morgan fingerprint density at radius 1 is 1.04 bits per heavy atom. The number of aromatic nitrogens is 2. The molecule has 0 radical (unpaired) electrons. The average Bonchev–Trinajstić information content (AvgIpc) is 2.59. The molecule has 0 saturated carbocycles. The van der Waals surface area contributed by atoms with Crippen LogP contribution in [0.15, 0.2) is 24.0 Å². The first-order valence-electron chi connectivity index (χ1n) is 9.43. The first kappa shape index (κ1) is 18.7. The number of fused-ring (bicyclic) bond motifs is 1. The van der Waals surface area contributed by atoms with Gasteiger partial charge in [0.15, 0.2) is 0 Å². The van der Waals surface area contributed by atoms with Crippen molar-refractivity contribution in [1.29, 1.82) is 0 Å². The van der Waals surface area contributed by atoms with Crippen molar-refractivity contribution in [2.75, 3.05) is 0 Å². The Morgan fingerprint density at radius 3 is 2.46 bits per heavy atom. The van der Waals surface area contributed by atoms with Gasteiger partial charge in [-0.3, -0.25) is 0 Å². The van der Waals surface area contributed by atoms with Gasteiger partial charge in [-0.1, -0.05) is 45.6 Å². The molecule has 2 unspecified atom stereocenters. The fourth-order valence-corrected chi connectivity index (χ4v) is 3.61. The highest BCUT2D eigenvalue weighted by atomic mass is 16.3. The van der Waals surface area contributed by atoms with E-state index in [-0.39, 0.29) is 5.76 Å². The molecule has 1 aliphatic carbocycles. The molecule has 0 aliphatic heterocycles. The summed E-state index contributed by atoms with van der Waals surface area (Å²) in [5, 5.41) is 19.0. The quantitative estimate of drug-likeness (QED) is 0.562.